The van der Waals surface area contributed by atoms with Gasteiger partial charge in [0, 0.05) is 0 Å². The van der Waals surface area contributed by atoms with E-state index in [-0.39, 0.29) is 0 Å². The Morgan fingerprint density at radius 1 is 1.43 bits per heavy atom. The van der Waals surface area contributed by atoms with Crippen LogP contribution in [0.25, 0.3) is 0 Å². The van der Waals surface area contributed by atoms with Crippen LogP contribution in [0.3, 0.4) is 0 Å². The molecule has 0 bridgehead atoms. The second-order valence-corrected chi connectivity index (χ2v) is 3.45. The average molecular weight is 190 g/mol. The molecule has 1 aromatic carbocycles. The molecule has 14 heavy (non-hydrogen) atoms. The molecule has 0 saturated carbocycles. The summed E-state index contributed by atoms with van der Waals surface area (Å²) in [7, 11) is 0. The molecule has 76 valence electrons. The highest BCUT2D eigenvalue weighted by Gasteiger charge is 2.08. The number of benzene rings is 1. The van der Waals surface area contributed by atoms with Gasteiger partial charge in [-0.1, -0.05) is 44.7 Å². The van der Waals surface area contributed by atoms with Crippen LogP contribution in [0.15, 0.2) is 36.9 Å². The van der Waals surface area contributed by atoms with E-state index in [9.17, 15) is 0 Å². The number of para-hydroxylation sites is 1. The van der Waals surface area contributed by atoms with Crippen LogP contribution in [-0.2, 0) is 0 Å². The van der Waals surface area contributed by atoms with Gasteiger partial charge in [0.15, 0.2) is 0 Å². The third-order valence-corrected chi connectivity index (χ3v) is 2.42. The second-order valence-electron chi connectivity index (χ2n) is 3.45. The maximum Gasteiger partial charge on any atom is 0.123 e. The Balaban J connectivity index is 2.84. The molecule has 0 radical (unpaired) electrons. The molecule has 1 heteroatoms. The maximum absolute atomic E-state index is 5.59. The average Bonchev–Trinajstić information content (AvgIpc) is 2.25. The van der Waals surface area contributed by atoms with Gasteiger partial charge in [0.05, 0.1) is 0 Å². The van der Waals surface area contributed by atoms with Crippen LogP contribution < -0.4 is 4.74 Å². The van der Waals surface area contributed by atoms with Gasteiger partial charge in [-0.15, -0.1) is 0 Å². The molecule has 0 N–H and O–H groups in total. The highest BCUT2D eigenvalue weighted by atomic mass is 16.5. The lowest BCUT2D eigenvalue weighted by molar-refractivity contribution is 0.356. The summed E-state index contributed by atoms with van der Waals surface area (Å²) in [5, 5.41) is 0. The molecule has 0 heterocycles. The first-order valence-corrected chi connectivity index (χ1v) is 5.12. The third kappa shape index (κ3) is 2.63. The van der Waals surface area contributed by atoms with Crippen molar-refractivity contribution in [1.82, 2.24) is 0 Å². The normalized spacial score (nSPS) is 12.1. The van der Waals surface area contributed by atoms with E-state index in [2.05, 4.69) is 32.6 Å². The van der Waals surface area contributed by atoms with Gasteiger partial charge in [0.25, 0.3) is 0 Å². The Labute approximate surface area is 86.4 Å². The molecule has 0 aromatic heterocycles. The summed E-state index contributed by atoms with van der Waals surface area (Å²) in [5.41, 5.74) is 1.29. The summed E-state index contributed by atoms with van der Waals surface area (Å²) >= 11 is 0. The second kappa shape index (κ2) is 5.48. The predicted octanol–water partition coefficient (Wildman–Crippen LogP) is 3.76. The quantitative estimate of drug-likeness (QED) is 0.642. The highest BCUT2D eigenvalue weighted by molar-refractivity contribution is 5.35. The molecule has 1 rings (SSSR count). The molecule has 0 saturated heterocycles. The predicted molar refractivity (Wildman–Crippen MR) is 60.8 cm³/mol. The fraction of sp³-hybridized carbons (Fsp3) is 0.385. The van der Waals surface area contributed by atoms with Crippen molar-refractivity contribution < 1.29 is 4.74 Å². The number of rotatable bonds is 5. The highest BCUT2D eigenvalue weighted by Crippen LogP contribution is 2.28. The minimum absolute atomic E-state index is 0.552. The first kappa shape index (κ1) is 10.8. The zero-order chi connectivity index (χ0) is 10.4. The van der Waals surface area contributed by atoms with Crippen molar-refractivity contribution in [2.75, 3.05) is 6.61 Å². The molecule has 0 aliphatic rings. The Bertz CT molecular complexity index is 291. The van der Waals surface area contributed by atoms with Crippen molar-refractivity contribution in [2.45, 2.75) is 26.2 Å². The lowest BCUT2D eigenvalue weighted by atomic mass is 9.98. The number of hydrogen-bond donors (Lipinski definition) is 0. The van der Waals surface area contributed by atoms with Crippen LogP contribution in [-0.4, -0.2) is 6.61 Å². The van der Waals surface area contributed by atoms with E-state index in [4.69, 9.17) is 4.74 Å². The molecule has 1 aromatic rings. The van der Waals surface area contributed by atoms with Gasteiger partial charge < -0.3 is 4.74 Å². The molecule has 0 unspecified atom stereocenters. The van der Waals surface area contributed by atoms with Crippen LogP contribution in [0.5, 0.6) is 5.75 Å². The number of hydrogen-bond acceptors (Lipinski definition) is 1. The smallest absolute Gasteiger partial charge is 0.123 e. The SMILES string of the molecule is C=CCOc1ccccc1[C@@H](C)CC. The Morgan fingerprint density at radius 2 is 2.14 bits per heavy atom. The molecule has 1 atom stereocenters. The minimum atomic E-state index is 0.552. The van der Waals surface area contributed by atoms with Gasteiger partial charge in [-0.2, -0.15) is 0 Å². The zero-order valence-corrected chi connectivity index (χ0v) is 8.99. The summed E-state index contributed by atoms with van der Waals surface area (Å²) in [6.07, 6.45) is 2.90. The first-order valence-electron chi connectivity index (χ1n) is 5.12. The maximum atomic E-state index is 5.59. The van der Waals surface area contributed by atoms with Crippen LogP contribution in [0.4, 0.5) is 0 Å². The van der Waals surface area contributed by atoms with Gasteiger partial charge in [0.2, 0.25) is 0 Å². The van der Waals surface area contributed by atoms with Gasteiger partial charge in [-0.3, -0.25) is 0 Å². The van der Waals surface area contributed by atoms with Crippen LogP contribution >= 0.6 is 0 Å². The molecule has 1 nitrogen and oxygen atoms in total. The van der Waals surface area contributed by atoms with Crippen LogP contribution in [0, 0.1) is 0 Å². The lowest BCUT2D eigenvalue weighted by Gasteiger charge is -2.14. The summed E-state index contributed by atoms with van der Waals surface area (Å²) < 4.78 is 5.59. The van der Waals surface area contributed by atoms with Crippen molar-refractivity contribution in [2.24, 2.45) is 0 Å². The van der Waals surface area contributed by atoms with E-state index in [1.54, 1.807) is 6.08 Å². The fourth-order valence-electron chi connectivity index (χ4n) is 1.39. The molecule has 0 aliphatic carbocycles. The van der Waals surface area contributed by atoms with Crippen molar-refractivity contribution in [3.63, 3.8) is 0 Å². The van der Waals surface area contributed by atoms with E-state index in [0.717, 1.165) is 12.2 Å². The third-order valence-electron chi connectivity index (χ3n) is 2.42. The molecule has 0 aliphatic heterocycles. The fourth-order valence-corrected chi connectivity index (χ4v) is 1.39. The molecule has 0 fully saturated rings. The Kier molecular flexibility index (Phi) is 4.24. The zero-order valence-electron chi connectivity index (χ0n) is 8.99. The number of ether oxygens (including phenoxy) is 1. The first-order chi connectivity index (χ1) is 6.79. The van der Waals surface area contributed by atoms with Gasteiger partial charge in [-0.25, -0.2) is 0 Å². The van der Waals surface area contributed by atoms with Crippen molar-refractivity contribution in [3.05, 3.63) is 42.5 Å². The largest absolute Gasteiger partial charge is 0.489 e. The van der Waals surface area contributed by atoms with Crippen LogP contribution in [0.1, 0.15) is 31.7 Å². The van der Waals surface area contributed by atoms with E-state index in [0.29, 0.717) is 12.5 Å². The minimum Gasteiger partial charge on any atom is -0.489 e. The Hall–Kier alpha value is -1.24. The lowest BCUT2D eigenvalue weighted by Crippen LogP contribution is -1.99. The van der Waals surface area contributed by atoms with Crippen molar-refractivity contribution in [3.8, 4) is 5.75 Å². The van der Waals surface area contributed by atoms with Crippen molar-refractivity contribution in [1.29, 1.82) is 0 Å². The summed E-state index contributed by atoms with van der Waals surface area (Å²) in [4.78, 5) is 0. The van der Waals surface area contributed by atoms with Gasteiger partial charge in [-0.05, 0) is 24.0 Å². The molecule has 0 amide bonds. The molecular formula is C13H18O. The standard InChI is InChI=1S/C13H18O/c1-4-10-14-13-9-7-6-8-12(13)11(3)5-2/h4,6-9,11H,1,5,10H2,2-3H3/t11-/m0/s1. The topological polar surface area (TPSA) is 9.23 Å². The van der Waals surface area contributed by atoms with Crippen LogP contribution in [0.2, 0.25) is 0 Å². The summed E-state index contributed by atoms with van der Waals surface area (Å²) in [6.45, 7) is 8.63. The summed E-state index contributed by atoms with van der Waals surface area (Å²) in [5.74, 6) is 1.54. The van der Waals surface area contributed by atoms with E-state index in [1.165, 1.54) is 5.56 Å². The molecule has 0 spiro atoms. The van der Waals surface area contributed by atoms with E-state index in [1.807, 2.05) is 12.1 Å². The van der Waals surface area contributed by atoms with Gasteiger partial charge >= 0.3 is 0 Å². The monoisotopic (exact) mass is 190 g/mol. The Morgan fingerprint density at radius 3 is 2.79 bits per heavy atom. The van der Waals surface area contributed by atoms with Gasteiger partial charge in [0.1, 0.15) is 12.4 Å². The molecular weight excluding hydrogens is 172 g/mol. The summed E-state index contributed by atoms with van der Waals surface area (Å²) in [6, 6.07) is 8.21. The van der Waals surface area contributed by atoms with E-state index >= 15 is 0 Å². The van der Waals surface area contributed by atoms with E-state index < -0.39 is 0 Å². The van der Waals surface area contributed by atoms with Crippen molar-refractivity contribution >= 4 is 0 Å².